The van der Waals surface area contributed by atoms with Gasteiger partial charge < -0.3 is 10.8 Å². The third-order valence-electron chi connectivity index (χ3n) is 1.33. The summed E-state index contributed by atoms with van der Waals surface area (Å²) in [6.07, 6.45) is 0. The van der Waals surface area contributed by atoms with Crippen LogP contribution in [0.25, 0.3) is 0 Å². The van der Waals surface area contributed by atoms with Gasteiger partial charge in [-0.1, -0.05) is 0 Å². The molecule has 4 heteroatoms. The number of rotatable bonds is 1. The first-order valence-electron chi connectivity index (χ1n) is 3.17. The second-order valence-electron chi connectivity index (χ2n) is 2.26. The fourth-order valence-corrected chi connectivity index (χ4v) is 0.840. The molecular formula is C8H6N2O2. The van der Waals surface area contributed by atoms with Gasteiger partial charge in [0.05, 0.1) is 17.2 Å². The summed E-state index contributed by atoms with van der Waals surface area (Å²) in [4.78, 5) is 10.5. The van der Waals surface area contributed by atoms with Crippen LogP contribution in [0.15, 0.2) is 18.2 Å². The van der Waals surface area contributed by atoms with Crippen LogP contribution < -0.4 is 5.73 Å². The zero-order valence-corrected chi connectivity index (χ0v) is 6.11. The number of nitrogens with two attached hydrogens (primary N) is 1. The minimum atomic E-state index is -1.08. The Bertz CT molecular complexity index is 366. The zero-order chi connectivity index (χ0) is 9.14. The summed E-state index contributed by atoms with van der Waals surface area (Å²) in [6.45, 7) is 0. The maximum absolute atomic E-state index is 10.5. The van der Waals surface area contributed by atoms with E-state index in [2.05, 4.69) is 0 Å². The molecule has 0 bridgehead atoms. The quantitative estimate of drug-likeness (QED) is 0.599. The van der Waals surface area contributed by atoms with Crippen molar-refractivity contribution < 1.29 is 9.90 Å². The van der Waals surface area contributed by atoms with Gasteiger partial charge >= 0.3 is 5.97 Å². The van der Waals surface area contributed by atoms with Crippen LogP contribution in [0, 0.1) is 11.3 Å². The summed E-state index contributed by atoms with van der Waals surface area (Å²) in [5, 5.41) is 17.0. The van der Waals surface area contributed by atoms with Crippen LogP contribution in [-0.2, 0) is 0 Å². The number of anilines is 1. The topological polar surface area (TPSA) is 87.1 Å². The van der Waals surface area contributed by atoms with Gasteiger partial charge in [-0.05, 0) is 18.2 Å². The van der Waals surface area contributed by atoms with Crippen LogP contribution in [0.5, 0.6) is 0 Å². The molecule has 0 atom stereocenters. The summed E-state index contributed by atoms with van der Waals surface area (Å²) in [6, 6.07) is 5.83. The molecule has 60 valence electrons. The van der Waals surface area contributed by atoms with E-state index >= 15 is 0 Å². The van der Waals surface area contributed by atoms with E-state index in [0.29, 0.717) is 0 Å². The lowest BCUT2D eigenvalue weighted by Gasteiger charge is -1.97. The van der Waals surface area contributed by atoms with Crippen molar-refractivity contribution in [3.63, 3.8) is 0 Å². The number of nitrogens with zero attached hydrogens (tertiary/aromatic N) is 1. The van der Waals surface area contributed by atoms with E-state index in [9.17, 15) is 4.79 Å². The van der Waals surface area contributed by atoms with E-state index in [1.807, 2.05) is 6.07 Å². The third kappa shape index (κ3) is 1.52. The van der Waals surface area contributed by atoms with Crippen molar-refractivity contribution >= 4 is 11.7 Å². The SMILES string of the molecule is N#Cc1cc(N)cc(C(=O)O)c1. The third-order valence-corrected chi connectivity index (χ3v) is 1.33. The van der Waals surface area contributed by atoms with Gasteiger partial charge in [-0.25, -0.2) is 4.79 Å². The second kappa shape index (κ2) is 2.93. The summed E-state index contributed by atoms with van der Waals surface area (Å²) in [7, 11) is 0. The average molecular weight is 162 g/mol. The molecule has 0 aliphatic heterocycles. The molecular weight excluding hydrogens is 156 g/mol. The van der Waals surface area contributed by atoms with Gasteiger partial charge in [-0.2, -0.15) is 5.26 Å². The summed E-state index contributed by atoms with van der Waals surface area (Å²) in [5.74, 6) is -1.08. The van der Waals surface area contributed by atoms with E-state index < -0.39 is 5.97 Å². The summed E-state index contributed by atoms with van der Waals surface area (Å²) < 4.78 is 0. The molecule has 0 heterocycles. The highest BCUT2D eigenvalue weighted by Gasteiger charge is 2.04. The molecule has 1 aromatic rings. The zero-order valence-electron chi connectivity index (χ0n) is 6.11. The van der Waals surface area contributed by atoms with Crippen LogP contribution >= 0.6 is 0 Å². The predicted molar refractivity (Wildman–Crippen MR) is 42.5 cm³/mol. The Hall–Kier alpha value is -2.02. The molecule has 0 aromatic heterocycles. The lowest BCUT2D eigenvalue weighted by Crippen LogP contribution is -1.98. The Morgan fingerprint density at radius 3 is 2.67 bits per heavy atom. The van der Waals surface area contributed by atoms with Crippen molar-refractivity contribution in [3.8, 4) is 6.07 Å². The smallest absolute Gasteiger partial charge is 0.335 e. The van der Waals surface area contributed by atoms with Crippen LogP contribution in [-0.4, -0.2) is 11.1 Å². The Labute approximate surface area is 68.8 Å². The maximum Gasteiger partial charge on any atom is 0.335 e. The van der Waals surface area contributed by atoms with Gasteiger partial charge in [0.15, 0.2) is 0 Å². The molecule has 0 saturated carbocycles. The molecule has 1 rings (SSSR count). The Kier molecular flexibility index (Phi) is 1.97. The Morgan fingerprint density at radius 2 is 2.17 bits per heavy atom. The molecule has 4 nitrogen and oxygen atoms in total. The van der Waals surface area contributed by atoms with Crippen molar-refractivity contribution in [3.05, 3.63) is 29.3 Å². The molecule has 1 aromatic carbocycles. The number of carbonyl (C=O) groups is 1. The molecule has 0 saturated heterocycles. The summed E-state index contributed by atoms with van der Waals surface area (Å²) >= 11 is 0. The van der Waals surface area contributed by atoms with Gasteiger partial charge in [0.25, 0.3) is 0 Å². The Balaban J connectivity index is 3.26. The highest BCUT2D eigenvalue weighted by molar-refractivity contribution is 5.89. The van der Waals surface area contributed by atoms with Gasteiger partial charge in [0.2, 0.25) is 0 Å². The largest absolute Gasteiger partial charge is 0.478 e. The molecule has 0 unspecified atom stereocenters. The number of hydrogen-bond donors (Lipinski definition) is 2. The van der Waals surface area contributed by atoms with Gasteiger partial charge in [-0.3, -0.25) is 0 Å². The normalized spacial score (nSPS) is 8.92. The minimum absolute atomic E-state index is 0.0338. The number of nitriles is 1. The van der Waals surface area contributed by atoms with Gasteiger partial charge in [0, 0.05) is 5.69 Å². The number of carboxylic acids is 1. The van der Waals surface area contributed by atoms with Crippen molar-refractivity contribution in [1.82, 2.24) is 0 Å². The number of nitrogen functional groups attached to an aromatic ring is 1. The van der Waals surface area contributed by atoms with E-state index in [1.54, 1.807) is 0 Å². The molecule has 3 N–H and O–H groups in total. The van der Waals surface area contributed by atoms with Crippen molar-refractivity contribution in [2.24, 2.45) is 0 Å². The molecule has 0 spiro atoms. The van der Waals surface area contributed by atoms with E-state index in [0.717, 1.165) is 0 Å². The lowest BCUT2D eigenvalue weighted by molar-refractivity contribution is 0.0697. The van der Waals surface area contributed by atoms with E-state index in [1.165, 1.54) is 18.2 Å². The lowest BCUT2D eigenvalue weighted by atomic mass is 10.1. The molecule has 0 amide bonds. The van der Waals surface area contributed by atoms with Crippen molar-refractivity contribution in [2.75, 3.05) is 5.73 Å². The standard InChI is InChI=1S/C8H6N2O2/c9-4-5-1-6(8(11)12)3-7(10)2-5/h1-3H,10H2,(H,11,12). The number of benzene rings is 1. The van der Waals surface area contributed by atoms with Crippen LogP contribution in [0.2, 0.25) is 0 Å². The second-order valence-corrected chi connectivity index (χ2v) is 2.26. The highest BCUT2D eigenvalue weighted by atomic mass is 16.4. The minimum Gasteiger partial charge on any atom is -0.478 e. The molecule has 0 fully saturated rings. The summed E-state index contributed by atoms with van der Waals surface area (Å²) in [5.41, 5.74) is 5.93. The number of aromatic carboxylic acids is 1. The fraction of sp³-hybridized carbons (Fsp3) is 0. The first kappa shape index (κ1) is 8.08. The number of hydrogen-bond acceptors (Lipinski definition) is 3. The fourth-order valence-electron chi connectivity index (χ4n) is 0.840. The maximum atomic E-state index is 10.5. The average Bonchev–Trinajstić information content (AvgIpc) is 2.03. The van der Waals surface area contributed by atoms with Crippen LogP contribution in [0.4, 0.5) is 5.69 Å². The molecule has 0 aliphatic rings. The predicted octanol–water partition coefficient (Wildman–Crippen LogP) is 0.839. The van der Waals surface area contributed by atoms with Crippen LogP contribution in [0.3, 0.4) is 0 Å². The number of carboxylic acid groups (broad SMARTS) is 1. The molecule has 0 aliphatic carbocycles. The monoisotopic (exact) mass is 162 g/mol. The Morgan fingerprint density at radius 1 is 1.50 bits per heavy atom. The van der Waals surface area contributed by atoms with Gasteiger partial charge in [0.1, 0.15) is 0 Å². The molecule has 0 radical (unpaired) electrons. The van der Waals surface area contributed by atoms with E-state index in [4.69, 9.17) is 16.1 Å². The van der Waals surface area contributed by atoms with Crippen LogP contribution in [0.1, 0.15) is 15.9 Å². The first-order chi connectivity index (χ1) is 5.63. The highest BCUT2D eigenvalue weighted by Crippen LogP contribution is 2.10. The van der Waals surface area contributed by atoms with E-state index in [-0.39, 0.29) is 16.8 Å². The van der Waals surface area contributed by atoms with Crippen molar-refractivity contribution in [2.45, 2.75) is 0 Å². The van der Waals surface area contributed by atoms with Crippen molar-refractivity contribution in [1.29, 1.82) is 5.26 Å². The molecule has 12 heavy (non-hydrogen) atoms. The van der Waals surface area contributed by atoms with Gasteiger partial charge in [-0.15, -0.1) is 0 Å². The first-order valence-corrected chi connectivity index (χ1v) is 3.17.